The van der Waals surface area contributed by atoms with E-state index in [9.17, 15) is 9.65 Å². The second-order valence-corrected chi connectivity index (χ2v) is 6.61. The molecule has 0 aromatic heterocycles. The third kappa shape index (κ3) is 1.98. The summed E-state index contributed by atoms with van der Waals surface area (Å²) in [5.74, 6) is 0.693. The van der Waals surface area contributed by atoms with Crippen LogP contribution in [-0.2, 0) is 10.2 Å². The van der Waals surface area contributed by atoms with Gasteiger partial charge in [-0.2, -0.15) is 5.26 Å². The number of nitrogens with zero attached hydrogens (tertiary/aromatic N) is 1. The molecule has 2 fully saturated rings. The van der Waals surface area contributed by atoms with Crippen molar-refractivity contribution < 1.29 is 13.9 Å². The molecule has 3 atom stereocenters. The van der Waals surface area contributed by atoms with E-state index in [2.05, 4.69) is 6.07 Å². The maximum atomic E-state index is 14.2. The van der Waals surface area contributed by atoms with Crippen LogP contribution < -0.4 is 4.74 Å². The minimum atomic E-state index is -0.727. The molecule has 2 aliphatic rings. The Balaban J connectivity index is 1.75. The van der Waals surface area contributed by atoms with Gasteiger partial charge in [0.05, 0.1) is 11.7 Å². The molecule has 0 bridgehead atoms. The third-order valence-electron chi connectivity index (χ3n) is 5.59. The summed E-state index contributed by atoms with van der Waals surface area (Å²) in [6.07, 6.45) is 2.59. The molecule has 2 saturated carbocycles. The average Bonchev–Trinajstić information content (AvgIpc) is 3.26. The lowest BCUT2D eigenvalue weighted by atomic mass is 9.75. The molecule has 0 heterocycles. The first-order chi connectivity index (χ1) is 11.6. The second kappa shape index (κ2) is 5.32. The Bertz CT molecular complexity index is 812. The zero-order chi connectivity index (χ0) is 16.8. The monoisotopic (exact) mass is 323 g/mol. The zero-order valence-corrected chi connectivity index (χ0v) is 13.5. The Morgan fingerprint density at radius 1 is 1.21 bits per heavy atom. The van der Waals surface area contributed by atoms with Crippen LogP contribution in [0.15, 0.2) is 48.5 Å². The fraction of sp³-hybridized carbons (Fsp3) is 0.350. The van der Waals surface area contributed by atoms with Crippen LogP contribution in [0.25, 0.3) is 0 Å². The minimum absolute atomic E-state index is 0.142. The highest BCUT2D eigenvalue weighted by molar-refractivity contribution is 5.48. The molecule has 2 unspecified atom stereocenters. The Morgan fingerprint density at radius 3 is 2.67 bits per heavy atom. The van der Waals surface area contributed by atoms with Crippen LogP contribution in [0.4, 0.5) is 4.39 Å². The van der Waals surface area contributed by atoms with Crippen molar-refractivity contribution >= 4 is 0 Å². The van der Waals surface area contributed by atoms with Gasteiger partial charge in [0, 0.05) is 7.11 Å². The summed E-state index contributed by atoms with van der Waals surface area (Å²) < 4.78 is 25.7. The van der Waals surface area contributed by atoms with E-state index in [0.29, 0.717) is 11.7 Å². The Hall–Kier alpha value is -2.38. The van der Waals surface area contributed by atoms with Crippen molar-refractivity contribution in [1.29, 1.82) is 5.26 Å². The van der Waals surface area contributed by atoms with Crippen LogP contribution in [0.2, 0.25) is 0 Å². The lowest BCUT2D eigenvalue weighted by Crippen LogP contribution is -2.39. The summed E-state index contributed by atoms with van der Waals surface area (Å²) in [4.78, 5) is 0. The van der Waals surface area contributed by atoms with Crippen molar-refractivity contribution in [1.82, 2.24) is 0 Å². The number of benzene rings is 2. The van der Waals surface area contributed by atoms with Crippen LogP contribution in [0, 0.1) is 23.1 Å². The predicted molar refractivity (Wildman–Crippen MR) is 87.3 cm³/mol. The number of hydrogen-bond acceptors (Lipinski definition) is 3. The van der Waals surface area contributed by atoms with E-state index >= 15 is 0 Å². The van der Waals surface area contributed by atoms with Gasteiger partial charge in [0.25, 0.3) is 0 Å². The average molecular weight is 323 g/mol. The maximum Gasteiger partial charge on any atom is 0.165 e. The van der Waals surface area contributed by atoms with Gasteiger partial charge in [-0.05, 0) is 55.0 Å². The molecule has 2 aromatic carbocycles. The summed E-state index contributed by atoms with van der Waals surface area (Å²) in [6, 6.07) is 16.3. The number of ether oxygens (including phenoxy) is 2. The van der Waals surface area contributed by atoms with Crippen molar-refractivity contribution in [2.45, 2.75) is 30.3 Å². The van der Waals surface area contributed by atoms with Crippen LogP contribution in [-0.4, -0.2) is 12.7 Å². The molecule has 0 spiro atoms. The number of fused-ring (bicyclic) bond motifs is 1. The van der Waals surface area contributed by atoms with Crippen molar-refractivity contribution in [2.24, 2.45) is 5.92 Å². The first-order valence-corrected chi connectivity index (χ1v) is 8.14. The number of rotatable bonds is 4. The number of nitriles is 1. The molecule has 0 saturated heterocycles. The topological polar surface area (TPSA) is 42.2 Å². The molecular formula is C20H18FNO2. The third-order valence-corrected chi connectivity index (χ3v) is 5.59. The lowest BCUT2D eigenvalue weighted by molar-refractivity contribution is 0.0345. The van der Waals surface area contributed by atoms with Gasteiger partial charge in [0.1, 0.15) is 11.2 Å². The van der Waals surface area contributed by atoms with E-state index in [4.69, 9.17) is 9.47 Å². The van der Waals surface area contributed by atoms with E-state index < -0.39 is 16.8 Å². The molecule has 4 heteroatoms. The molecule has 2 aromatic rings. The number of para-hydroxylation sites is 1. The van der Waals surface area contributed by atoms with Gasteiger partial charge in [-0.15, -0.1) is 0 Å². The Kier molecular flexibility index (Phi) is 3.36. The highest BCUT2D eigenvalue weighted by atomic mass is 19.1. The number of hydrogen-bond donors (Lipinski definition) is 0. The molecule has 4 rings (SSSR count). The fourth-order valence-corrected chi connectivity index (χ4v) is 4.26. The van der Waals surface area contributed by atoms with E-state index in [0.717, 1.165) is 24.8 Å². The van der Waals surface area contributed by atoms with Crippen molar-refractivity contribution in [2.75, 3.05) is 7.11 Å². The molecule has 0 amide bonds. The first kappa shape index (κ1) is 15.2. The Labute approximate surface area is 140 Å². The molecule has 122 valence electrons. The summed E-state index contributed by atoms with van der Waals surface area (Å²) in [7, 11) is 1.67. The number of methoxy groups -OCH3 is 1. The normalized spacial score (nSPS) is 30.5. The van der Waals surface area contributed by atoms with Gasteiger partial charge < -0.3 is 9.47 Å². The van der Waals surface area contributed by atoms with Crippen molar-refractivity contribution in [3.8, 4) is 17.6 Å². The van der Waals surface area contributed by atoms with Crippen molar-refractivity contribution in [3.05, 3.63) is 59.9 Å². The van der Waals surface area contributed by atoms with E-state index in [1.807, 2.05) is 18.2 Å². The molecule has 2 aliphatic carbocycles. The molecule has 0 aliphatic heterocycles. The summed E-state index contributed by atoms with van der Waals surface area (Å²) in [5.41, 5.74) is -0.377. The highest BCUT2D eigenvalue weighted by Gasteiger charge is 2.72. The van der Waals surface area contributed by atoms with Gasteiger partial charge in [0.2, 0.25) is 0 Å². The molecular weight excluding hydrogens is 305 g/mol. The summed E-state index contributed by atoms with van der Waals surface area (Å²) in [5, 5.41) is 9.95. The van der Waals surface area contributed by atoms with Crippen LogP contribution >= 0.6 is 0 Å². The Morgan fingerprint density at radius 2 is 2.00 bits per heavy atom. The maximum absolute atomic E-state index is 14.2. The van der Waals surface area contributed by atoms with Crippen LogP contribution in [0.5, 0.6) is 11.5 Å². The predicted octanol–water partition coefficient (Wildman–Crippen LogP) is 4.58. The standard InChI is InChI=1S/C20H18FNO2/c1-23-20-12-15(20)9-10-19(20,13-22)14-7-8-17(21)18(11-14)24-16-5-3-2-4-6-16/h2-8,11,15H,9-10,12H2,1H3/t15?,19?,20-/m1/s1. The summed E-state index contributed by atoms with van der Waals surface area (Å²) in [6.45, 7) is 0. The zero-order valence-electron chi connectivity index (χ0n) is 13.5. The van der Waals surface area contributed by atoms with E-state index in [1.54, 1.807) is 31.4 Å². The van der Waals surface area contributed by atoms with Crippen LogP contribution in [0.3, 0.4) is 0 Å². The van der Waals surface area contributed by atoms with E-state index in [1.165, 1.54) is 6.07 Å². The molecule has 24 heavy (non-hydrogen) atoms. The van der Waals surface area contributed by atoms with Gasteiger partial charge in [-0.1, -0.05) is 24.3 Å². The van der Waals surface area contributed by atoms with Gasteiger partial charge in [-0.25, -0.2) is 4.39 Å². The van der Waals surface area contributed by atoms with Gasteiger partial charge in [-0.3, -0.25) is 0 Å². The SMILES string of the molecule is CO[C@]12CC1CCC2(C#N)c1ccc(F)c(Oc2ccccc2)c1. The lowest BCUT2D eigenvalue weighted by Gasteiger charge is -2.32. The largest absolute Gasteiger partial charge is 0.454 e. The van der Waals surface area contributed by atoms with Crippen molar-refractivity contribution in [3.63, 3.8) is 0 Å². The van der Waals surface area contributed by atoms with Crippen LogP contribution in [0.1, 0.15) is 24.8 Å². The van der Waals surface area contributed by atoms with E-state index in [-0.39, 0.29) is 5.75 Å². The second-order valence-electron chi connectivity index (χ2n) is 6.61. The first-order valence-electron chi connectivity index (χ1n) is 8.14. The molecule has 3 nitrogen and oxygen atoms in total. The smallest absolute Gasteiger partial charge is 0.165 e. The van der Waals surface area contributed by atoms with Gasteiger partial charge >= 0.3 is 0 Å². The minimum Gasteiger partial charge on any atom is -0.454 e. The highest BCUT2D eigenvalue weighted by Crippen LogP contribution is 2.67. The quantitative estimate of drug-likeness (QED) is 0.827. The van der Waals surface area contributed by atoms with Gasteiger partial charge in [0.15, 0.2) is 11.6 Å². The summed E-state index contributed by atoms with van der Waals surface area (Å²) >= 11 is 0. The molecule has 0 radical (unpaired) electrons. The molecule has 0 N–H and O–H groups in total. The number of halogens is 1. The fourth-order valence-electron chi connectivity index (χ4n) is 4.26.